The van der Waals surface area contributed by atoms with E-state index >= 15 is 0 Å². The predicted molar refractivity (Wildman–Crippen MR) is 108 cm³/mol. The fourth-order valence-corrected chi connectivity index (χ4v) is 5.69. The molecule has 1 aliphatic heterocycles. The highest BCUT2D eigenvalue weighted by Gasteiger charge is 2.25. The number of thiophene rings is 1. The highest BCUT2D eigenvalue weighted by Crippen LogP contribution is 2.23. The van der Waals surface area contributed by atoms with Crippen LogP contribution in [0.2, 0.25) is 0 Å². The number of amides is 1. The zero-order valence-corrected chi connectivity index (χ0v) is 17.2. The lowest BCUT2D eigenvalue weighted by atomic mass is 10.1. The third-order valence-corrected chi connectivity index (χ3v) is 7.82. The van der Waals surface area contributed by atoms with Crippen molar-refractivity contribution in [2.75, 3.05) is 13.1 Å². The molecular weight excluding hydrogens is 380 g/mol. The summed E-state index contributed by atoms with van der Waals surface area (Å²) in [5.41, 5.74) is 0.472. The molecule has 1 saturated heterocycles. The van der Waals surface area contributed by atoms with Gasteiger partial charge in [-0.2, -0.15) is 4.31 Å². The summed E-state index contributed by atoms with van der Waals surface area (Å²) in [6, 6.07) is 10.2. The van der Waals surface area contributed by atoms with Crippen LogP contribution in [0.3, 0.4) is 0 Å². The average Bonchev–Trinajstić information content (AvgIpc) is 3.07. The Morgan fingerprint density at radius 3 is 2.33 bits per heavy atom. The third-order valence-electron chi connectivity index (χ3n) is 4.92. The summed E-state index contributed by atoms with van der Waals surface area (Å²) in [5, 5.41) is 5.02. The number of nitrogens with zero attached hydrogens (tertiary/aromatic N) is 1. The van der Waals surface area contributed by atoms with E-state index in [-0.39, 0.29) is 16.8 Å². The number of carbonyl (C=O) groups is 1. The highest BCUT2D eigenvalue weighted by molar-refractivity contribution is 7.89. The van der Waals surface area contributed by atoms with Crippen LogP contribution >= 0.6 is 11.3 Å². The Hall–Kier alpha value is -1.70. The maximum atomic E-state index is 12.8. The van der Waals surface area contributed by atoms with Crippen molar-refractivity contribution < 1.29 is 13.2 Å². The predicted octanol–water partition coefficient (Wildman–Crippen LogP) is 4.19. The summed E-state index contributed by atoms with van der Waals surface area (Å²) < 4.78 is 27.2. The normalized spacial score (nSPS) is 17.2. The molecule has 1 aliphatic rings. The molecule has 0 bridgehead atoms. The maximum absolute atomic E-state index is 12.8. The Bertz CT molecular complexity index is 838. The highest BCUT2D eigenvalue weighted by atomic mass is 32.2. The van der Waals surface area contributed by atoms with Crippen molar-refractivity contribution in [2.45, 2.75) is 50.0 Å². The van der Waals surface area contributed by atoms with Crippen LogP contribution in [0.1, 0.15) is 60.3 Å². The topological polar surface area (TPSA) is 66.5 Å². The van der Waals surface area contributed by atoms with Crippen LogP contribution in [-0.2, 0) is 10.0 Å². The molecule has 27 heavy (non-hydrogen) atoms. The molecule has 7 heteroatoms. The standard InChI is InChI=1S/C20H26N2O3S2/c1-2-18(19-8-7-15-26-19)21-20(23)16-9-11-17(12-10-16)27(24,25)22-13-5-3-4-6-14-22/h7-12,15,18H,2-6,13-14H2,1H3,(H,21,23). The summed E-state index contributed by atoms with van der Waals surface area (Å²) in [6.45, 7) is 3.18. The van der Waals surface area contributed by atoms with Crippen molar-refractivity contribution >= 4 is 27.3 Å². The first-order valence-corrected chi connectivity index (χ1v) is 11.8. The lowest BCUT2D eigenvalue weighted by Crippen LogP contribution is -2.32. The van der Waals surface area contributed by atoms with Gasteiger partial charge in [-0.05, 0) is 55.0 Å². The van der Waals surface area contributed by atoms with E-state index in [1.165, 1.54) is 0 Å². The number of carbonyl (C=O) groups excluding carboxylic acids is 1. The third kappa shape index (κ3) is 4.78. The fraction of sp³-hybridized carbons (Fsp3) is 0.450. The van der Waals surface area contributed by atoms with Crippen LogP contribution in [0.15, 0.2) is 46.7 Å². The van der Waals surface area contributed by atoms with Crippen LogP contribution in [0.5, 0.6) is 0 Å². The molecule has 0 spiro atoms. The van der Waals surface area contributed by atoms with E-state index in [0.717, 1.165) is 37.0 Å². The SMILES string of the molecule is CCC(NC(=O)c1ccc(S(=O)(=O)N2CCCCCC2)cc1)c1cccs1. The second-order valence-electron chi connectivity index (χ2n) is 6.79. The molecule has 5 nitrogen and oxygen atoms in total. The van der Waals surface area contributed by atoms with Gasteiger partial charge in [-0.3, -0.25) is 4.79 Å². The smallest absolute Gasteiger partial charge is 0.251 e. The van der Waals surface area contributed by atoms with Gasteiger partial charge in [0.15, 0.2) is 0 Å². The zero-order chi connectivity index (χ0) is 19.3. The van der Waals surface area contributed by atoms with Gasteiger partial charge in [-0.25, -0.2) is 8.42 Å². The van der Waals surface area contributed by atoms with Gasteiger partial charge in [-0.15, -0.1) is 11.3 Å². The van der Waals surface area contributed by atoms with Crippen molar-refractivity contribution in [3.05, 3.63) is 52.2 Å². The molecule has 1 aromatic heterocycles. The lowest BCUT2D eigenvalue weighted by Gasteiger charge is -2.20. The minimum atomic E-state index is -3.49. The van der Waals surface area contributed by atoms with E-state index in [9.17, 15) is 13.2 Å². The molecule has 2 aromatic rings. The monoisotopic (exact) mass is 406 g/mol. The molecule has 1 fully saturated rings. The second-order valence-corrected chi connectivity index (χ2v) is 9.71. The van der Waals surface area contributed by atoms with E-state index in [0.29, 0.717) is 18.7 Å². The number of hydrogen-bond donors (Lipinski definition) is 1. The molecule has 0 radical (unpaired) electrons. The Labute approximate surface area is 165 Å². The molecule has 0 saturated carbocycles. The Morgan fingerprint density at radius 1 is 1.11 bits per heavy atom. The first-order valence-electron chi connectivity index (χ1n) is 9.47. The number of hydrogen-bond acceptors (Lipinski definition) is 4. The van der Waals surface area contributed by atoms with Crippen molar-refractivity contribution in [1.29, 1.82) is 0 Å². The first-order chi connectivity index (χ1) is 13.0. The number of nitrogens with one attached hydrogen (secondary N) is 1. The molecule has 1 atom stereocenters. The number of rotatable bonds is 6. The number of benzene rings is 1. The van der Waals surface area contributed by atoms with Crippen LogP contribution in [0.25, 0.3) is 0 Å². The first kappa shape index (κ1) is 20.0. The molecule has 1 unspecified atom stereocenters. The van der Waals surface area contributed by atoms with E-state index in [2.05, 4.69) is 5.32 Å². The summed E-state index contributed by atoms with van der Waals surface area (Å²) in [6.07, 6.45) is 4.76. The van der Waals surface area contributed by atoms with E-state index in [1.807, 2.05) is 24.4 Å². The van der Waals surface area contributed by atoms with Gasteiger partial charge in [0.1, 0.15) is 0 Å². The van der Waals surface area contributed by atoms with Crippen molar-refractivity contribution in [2.24, 2.45) is 0 Å². The van der Waals surface area contributed by atoms with Gasteiger partial charge in [0, 0.05) is 23.5 Å². The molecule has 2 heterocycles. The van der Waals surface area contributed by atoms with Crippen molar-refractivity contribution in [1.82, 2.24) is 9.62 Å². The summed E-state index contributed by atoms with van der Waals surface area (Å²) in [5.74, 6) is -0.186. The Balaban J connectivity index is 1.71. The van der Waals surface area contributed by atoms with E-state index < -0.39 is 10.0 Å². The fourth-order valence-electron chi connectivity index (χ4n) is 3.31. The maximum Gasteiger partial charge on any atom is 0.251 e. The molecule has 0 aliphatic carbocycles. The molecule has 1 N–H and O–H groups in total. The van der Waals surface area contributed by atoms with Gasteiger partial charge in [0.2, 0.25) is 10.0 Å². The summed E-state index contributed by atoms with van der Waals surface area (Å²) in [7, 11) is -3.49. The zero-order valence-electron chi connectivity index (χ0n) is 15.6. The van der Waals surface area contributed by atoms with Crippen molar-refractivity contribution in [3.63, 3.8) is 0 Å². The van der Waals surface area contributed by atoms with Gasteiger partial charge in [-0.1, -0.05) is 25.8 Å². The van der Waals surface area contributed by atoms with Gasteiger partial charge in [0.25, 0.3) is 5.91 Å². The van der Waals surface area contributed by atoms with Crippen LogP contribution in [-0.4, -0.2) is 31.7 Å². The van der Waals surface area contributed by atoms with Crippen LogP contribution < -0.4 is 5.32 Å². The van der Waals surface area contributed by atoms with Gasteiger partial charge >= 0.3 is 0 Å². The van der Waals surface area contributed by atoms with Gasteiger partial charge < -0.3 is 5.32 Å². The quantitative estimate of drug-likeness (QED) is 0.782. The minimum Gasteiger partial charge on any atom is -0.344 e. The average molecular weight is 407 g/mol. The van der Waals surface area contributed by atoms with E-state index in [1.54, 1.807) is 39.9 Å². The largest absolute Gasteiger partial charge is 0.344 e. The second kappa shape index (κ2) is 8.99. The summed E-state index contributed by atoms with van der Waals surface area (Å²) in [4.78, 5) is 13.9. The van der Waals surface area contributed by atoms with Crippen LogP contribution in [0, 0.1) is 0 Å². The van der Waals surface area contributed by atoms with Crippen LogP contribution in [0.4, 0.5) is 0 Å². The molecule has 146 valence electrons. The number of sulfonamides is 1. The molecule has 3 rings (SSSR count). The Morgan fingerprint density at radius 2 is 1.78 bits per heavy atom. The molecule has 1 aromatic carbocycles. The lowest BCUT2D eigenvalue weighted by molar-refractivity contribution is 0.0936. The van der Waals surface area contributed by atoms with E-state index in [4.69, 9.17) is 0 Å². The molecule has 1 amide bonds. The summed E-state index contributed by atoms with van der Waals surface area (Å²) >= 11 is 1.62. The Kier molecular flexibility index (Phi) is 6.68. The molecular formula is C20H26N2O3S2. The van der Waals surface area contributed by atoms with Gasteiger partial charge in [0.05, 0.1) is 10.9 Å². The minimum absolute atomic E-state index is 0.0296. The van der Waals surface area contributed by atoms with Crippen molar-refractivity contribution in [3.8, 4) is 0 Å².